The van der Waals surface area contributed by atoms with Crippen molar-refractivity contribution in [3.8, 4) is 5.75 Å². The second-order valence-corrected chi connectivity index (χ2v) is 7.32. The first-order valence-electron chi connectivity index (χ1n) is 7.77. The number of methoxy groups -OCH3 is 1. The normalized spacial score (nSPS) is 28.8. The van der Waals surface area contributed by atoms with Gasteiger partial charge in [0.2, 0.25) is 0 Å². The fourth-order valence-corrected chi connectivity index (χ4v) is 4.21. The van der Waals surface area contributed by atoms with E-state index >= 15 is 0 Å². The molecular formula is C17H24BrNO2. The van der Waals surface area contributed by atoms with Gasteiger partial charge in [0.1, 0.15) is 5.75 Å². The van der Waals surface area contributed by atoms with Crippen LogP contribution in [0.3, 0.4) is 0 Å². The van der Waals surface area contributed by atoms with Gasteiger partial charge in [0.25, 0.3) is 0 Å². The lowest BCUT2D eigenvalue weighted by Gasteiger charge is -2.35. The molecule has 1 aliphatic heterocycles. The van der Waals surface area contributed by atoms with Gasteiger partial charge in [-0.25, -0.2) is 0 Å². The minimum Gasteiger partial charge on any atom is -0.496 e. The summed E-state index contributed by atoms with van der Waals surface area (Å²) in [5.74, 6) is 1.74. The lowest BCUT2D eigenvalue weighted by Crippen LogP contribution is -2.42. The SMILES string of the molecule is CNCC1(Cc2cc(Br)ccc2OC)CCOC1C1CC1. The van der Waals surface area contributed by atoms with E-state index in [9.17, 15) is 0 Å². The highest BCUT2D eigenvalue weighted by Gasteiger charge is 2.50. The van der Waals surface area contributed by atoms with Gasteiger partial charge >= 0.3 is 0 Å². The van der Waals surface area contributed by atoms with Crippen molar-refractivity contribution in [3.63, 3.8) is 0 Å². The van der Waals surface area contributed by atoms with Crippen molar-refractivity contribution in [1.82, 2.24) is 5.32 Å². The van der Waals surface area contributed by atoms with E-state index in [-0.39, 0.29) is 5.41 Å². The molecule has 2 fully saturated rings. The van der Waals surface area contributed by atoms with E-state index < -0.39 is 0 Å². The minimum absolute atomic E-state index is 0.198. The number of hydrogen-bond acceptors (Lipinski definition) is 3. The average molecular weight is 354 g/mol. The van der Waals surface area contributed by atoms with Gasteiger partial charge in [-0.05, 0) is 62.4 Å². The van der Waals surface area contributed by atoms with E-state index in [0.29, 0.717) is 6.10 Å². The van der Waals surface area contributed by atoms with Crippen molar-refractivity contribution in [2.75, 3.05) is 27.3 Å². The number of benzene rings is 1. The average Bonchev–Trinajstić information content (AvgIpc) is 3.22. The zero-order valence-corrected chi connectivity index (χ0v) is 14.4. The molecule has 116 valence electrons. The van der Waals surface area contributed by atoms with Crippen LogP contribution in [0.2, 0.25) is 0 Å². The van der Waals surface area contributed by atoms with Gasteiger partial charge < -0.3 is 14.8 Å². The van der Waals surface area contributed by atoms with E-state index in [2.05, 4.69) is 33.4 Å². The molecular weight excluding hydrogens is 330 g/mol. The molecule has 1 aliphatic carbocycles. The lowest BCUT2D eigenvalue weighted by atomic mass is 9.74. The Morgan fingerprint density at radius 1 is 1.43 bits per heavy atom. The van der Waals surface area contributed by atoms with Crippen molar-refractivity contribution in [1.29, 1.82) is 0 Å². The molecule has 1 N–H and O–H groups in total. The highest BCUT2D eigenvalue weighted by Crippen LogP contribution is 2.49. The molecule has 1 aromatic carbocycles. The Hall–Kier alpha value is -0.580. The number of nitrogens with one attached hydrogen (secondary N) is 1. The van der Waals surface area contributed by atoms with Gasteiger partial charge in [0.15, 0.2) is 0 Å². The maximum absolute atomic E-state index is 6.13. The number of rotatable bonds is 6. The largest absolute Gasteiger partial charge is 0.496 e. The maximum Gasteiger partial charge on any atom is 0.122 e. The molecule has 1 aromatic rings. The Labute approximate surface area is 135 Å². The molecule has 2 unspecified atom stereocenters. The topological polar surface area (TPSA) is 30.5 Å². The van der Waals surface area contributed by atoms with Crippen LogP contribution in [0, 0.1) is 11.3 Å². The van der Waals surface area contributed by atoms with Crippen LogP contribution >= 0.6 is 15.9 Å². The zero-order valence-electron chi connectivity index (χ0n) is 12.8. The van der Waals surface area contributed by atoms with Gasteiger partial charge in [-0.1, -0.05) is 15.9 Å². The number of ether oxygens (including phenoxy) is 2. The molecule has 0 radical (unpaired) electrons. The Morgan fingerprint density at radius 3 is 2.90 bits per heavy atom. The monoisotopic (exact) mass is 353 g/mol. The summed E-state index contributed by atoms with van der Waals surface area (Å²) >= 11 is 3.59. The second kappa shape index (κ2) is 6.27. The molecule has 4 heteroatoms. The van der Waals surface area contributed by atoms with E-state index in [1.165, 1.54) is 18.4 Å². The molecule has 0 bridgehead atoms. The summed E-state index contributed by atoms with van der Waals surface area (Å²) in [7, 11) is 3.79. The quantitative estimate of drug-likeness (QED) is 0.849. The molecule has 3 rings (SSSR count). The van der Waals surface area contributed by atoms with E-state index in [4.69, 9.17) is 9.47 Å². The Bertz CT molecular complexity index is 504. The molecule has 0 spiro atoms. The summed E-state index contributed by atoms with van der Waals surface area (Å²) in [6.45, 7) is 1.89. The third-order valence-electron chi connectivity index (χ3n) is 4.86. The van der Waals surface area contributed by atoms with Crippen LogP contribution < -0.4 is 10.1 Å². The molecule has 1 heterocycles. The fourth-order valence-electron chi connectivity index (χ4n) is 3.80. The molecule has 2 aliphatic rings. The van der Waals surface area contributed by atoms with Crippen molar-refractivity contribution in [3.05, 3.63) is 28.2 Å². The molecule has 2 atom stereocenters. The fraction of sp³-hybridized carbons (Fsp3) is 0.647. The molecule has 1 saturated carbocycles. The highest BCUT2D eigenvalue weighted by atomic mass is 79.9. The Balaban J connectivity index is 1.89. The summed E-state index contributed by atoms with van der Waals surface area (Å²) < 4.78 is 12.8. The van der Waals surface area contributed by atoms with Crippen LogP contribution in [0.5, 0.6) is 5.75 Å². The second-order valence-electron chi connectivity index (χ2n) is 6.40. The first-order chi connectivity index (χ1) is 10.2. The maximum atomic E-state index is 6.13. The first-order valence-corrected chi connectivity index (χ1v) is 8.56. The summed E-state index contributed by atoms with van der Waals surface area (Å²) in [5, 5.41) is 3.40. The van der Waals surface area contributed by atoms with Crippen LogP contribution in [-0.4, -0.2) is 33.4 Å². The molecule has 0 amide bonds. The van der Waals surface area contributed by atoms with Gasteiger partial charge in [-0.3, -0.25) is 0 Å². The Morgan fingerprint density at radius 2 is 2.24 bits per heavy atom. The summed E-state index contributed by atoms with van der Waals surface area (Å²) in [4.78, 5) is 0. The van der Waals surface area contributed by atoms with Gasteiger partial charge in [-0.2, -0.15) is 0 Å². The molecule has 3 nitrogen and oxygen atoms in total. The van der Waals surface area contributed by atoms with Crippen molar-refractivity contribution in [2.24, 2.45) is 11.3 Å². The molecule has 1 saturated heterocycles. The van der Waals surface area contributed by atoms with Crippen LogP contribution in [0.4, 0.5) is 0 Å². The van der Waals surface area contributed by atoms with Gasteiger partial charge in [0, 0.05) is 23.0 Å². The predicted octanol–water partition coefficient (Wildman–Crippen LogP) is 3.40. The smallest absolute Gasteiger partial charge is 0.122 e. The van der Waals surface area contributed by atoms with Crippen molar-refractivity contribution in [2.45, 2.75) is 31.8 Å². The minimum atomic E-state index is 0.198. The first kappa shape index (κ1) is 15.3. The van der Waals surface area contributed by atoms with Gasteiger partial charge in [-0.15, -0.1) is 0 Å². The van der Waals surface area contributed by atoms with Crippen LogP contribution in [0.25, 0.3) is 0 Å². The van der Waals surface area contributed by atoms with Crippen LogP contribution in [0.15, 0.2) is 22.7 Å². The van der Waals surface area contributed by atoms with Crippen molar-refractivity contribution >= 4 is 15.9 Å². The third kappa shape index (κ3) is 3.13. The molecule has 0 aromatic heterocycles. The summed E-state index contributed by atoms with van der Waals surface area (Å²) in [6.07, 6.45) is 5.19. The van der Waals surface area contributed by atoms with E-state index in [0.717, 1.165) is 42.1 Å². The molecule has 21 heavy (non-hydrogen) atoms. The summed E-state index contributed by atoms with van der Waals surface area (Å²) in [5.41, 5.74) is 1.47. The van der Waals surface area contributed by atoms with E-state index in [1.54, 1.807) is 7.11 Å². The lowest BCUT2D eigenvalue weighted by molar-refractivity contribution is 0.0312. The number of halogens is 1. The highest BCUT2D eigenvalue weighted by molar-refractivity contribution is 9.10. The predicted molar refractivity (Wildman–Crippen MR) is 87.8 cm³/mol. The standard InChI is InChI=1S/C17H24BrNO2/c1-19-11-17(7-8-21-16(17)12-3-4-12)10-13-9-14(18)5-6-15(13)20-2/h5-6,9,12,16,19H,3-4,7-8,10-11H2,1-2H3. The summed E-state index contributed by atoms with van der Waals surface area (Å²) in [6, 6.07) is 6.28. The van der Waals surface area contributed by atoms with Crippen LogP contribution in [-0.2, 0) is 11.2 Å². The van der Waals surface area contributed by atoms with Crippen LogP contribution in [0.1, 0.15) is 24.8 Å². The zero-order chi connectivity index (χ0) is 14.9. The Kier molecular flexibility index (Phi) is 4.57. The third-order valence-corrected chi connectivity index (χ3v) is 5.36. The van der Waals surface area contributed by atoms with Crippen molar-refractivity contribution < 1.29 is 9.47 Å². The van der Waals surface area contributed by atoms with E-state index in [1.807, 2.05) is 13.1 Å². The number of hydrogen-bond donors (Lipinski definition) is 1. The van der Waals surface area contributed by atoms with Gasteiger partial charge in [0.05, 0.1) is 13.2 Å².